The minimum atomic E-state index is -3.65. The first-order chi connectivity index (χ1) is 9.95. The van der Waals surface area contributed by atoms with Gasteiger partial charge in [0.05, 0.1) is 6.20 Å². The summed E-state index contributed by atoms with van der Waals surface area (Å²) in [5.74, 6) is -1.08. The lowest BCUT2D eigenvalue weighted by Gasteiger charge is -2.05. The molecule has 9 heteroatoms. The van der Waals surface area contributed by atoms with Crippen molar-refractivity contribution < 1.29 is 23.1 Å². The molecule has 0 saturated heterocycles. The van der Waals surface area contributed by atoms with E-state index in [-0.39, 0.29) is 18.0 Å². The van der Waals surface area contributed by atoms with Crippen LogP contribution in [0, 0.1) is 0 Å². The molecular weight excluding hydrogens is 298 g/mol. The highest BCUT2D eigenvalue weighted by atomic mass is 32.2. The first-order valence-corrected chi connectivity index (χ1v) is 8.25. The van der Waals surface area contributed by atoms with E-state index in [0.717, 1.165) is 23.7 Å². The van der Waals surface area contributed by atoms with Crippen LogP contribution in [0.3, 0.4) is 0 Å². The van der Waals surface area contributed by atoms with Crippen molar-refractivity contribution in [3.63, 3.8) is 0 Å². The molecule has 0 radical (unpaired) electrons. The van der Waals surface area contributed by atoms with Crippen molar-refractivity contribution in [2.75, 3.05) is 19.8 Å². The van der Waals surface area contributed by atoms with Crippen LogP contribution in [0.4, 0.5) is 0 Å². The lowest BCUT2D eigenvalue weighted by Crippen LogP contribution is -2.25. The largest absolute Gasteiger partial charge is 0.480 e. The number of hydrogen-bond donors (Lipinski definition) is 2. The summed E-state index contributed by atoms with van der Waals surface area (Å²) in [6.45, 7) is 3.15. The average molecular weight is 319 g/mol. The van der Waals surface area contributed by atoms with E-state index in [4.69, 9.17) is 9.84 Å². The van der Waals surface area contributed by atoms with Crippen LogP contribution in [0.1, 0.15) is 26.2 Å². The molecule has 1 heterocycles. The lowest BCUT2D eigenvalue weighted by atomic mass is 10.4. The molecule has 0 fully saturated rings. The van der Waals surface area contributed by atoms with Gasteiger partial charge < -0.3 is 9.84 Å². The molecule has 21 heavy (non-hydrogen) atoms. The van der Waals surface area contributed by atoms with Gasteiger partial charge in [-0.2, -0.15) is 5.10 Å². The summed E-state index contributed by atoms with van der Waals surface area (Å²) in [5, 5.41) is 12.3. The smallest absolute Gasteiger partial charge is 0.325 e. The Hall–Kier alpha value is -1.45. The number of aromatic nitrogens is 2. The quantitative estimate of drug-likeness (QED) is 0.573. The van der Waals surface area contributed by atoms with E-state index >= 15 is 0 Å². The van der Waals surface area contributed by atoms with E-state index in [1.807, 2.05) is 0 Å². The molecule has 0 bridgehead atoms. The Morgan fingerprint density at radius 3 is 2.81 bits per heavy atom. The van der Waals surface area contributed by atoms with Gasteiger partial charge in [-0.25, -0.2) is 13.1 Å². The molecule has 0 saturated carbocycles. The Morgan fingerprint density at radius 1 is 1.43 bits per heavy atom. The van der Waals surface area contributed by atoms with Gasteiger partial charge in [0.15, 0.2) is 0 Å². The number of aliphatic carboxylic acids is 1. The number of unbranched alkanes of at least 4 members (excludes halogenated alkanes) is 1. The van der Waals surface area contributed by atoms with Crippen LogP contribution in [0.25, 0.3) is 0 Å². The summed E-state index contributed by atoms with van der Waals surface area (Å²) in [6.07, 6.45) is 4.95. The monoisotopic (exact) mass is 319 g/mol. The second kappa shape index (κ2) is 8.75. The third-order valence-corrected chi connectivity index (χ3v) is 4.03. The maximum absolute atomic E-state index is 11.9. The van der Waals surface area contributed by atoms with E-state index in [1.54, 1.807) is 0 Å². The van der Waals surface area contributed by atoms with Crippen LogP contribution < -0.4 is 4.72 Å². The molecule has 120 valence electrons. The summed E-state index contributed by atoms with van der Waals surface area (Å²) < 4.78 is 32.6. The highest BCUT2D eigenvalue weighted by molar-refractivity contribution is 7.89. The second-order valence-electron chi connectivity index (χ2n) is 4.48. The van der Waals surface area contributed by atoms with Gasteiger partial charge in [0.1, 0.15) is 11.4 Å². The van der Waals surface area contributed by atoms with E-state index in [0.29, 0.717) is 19.6 Å². The Balaban J connectivity index is 2.36. The van der Waals surface area contributed by atoms with Crippen LogP contribution in [0.15, 0.2) is 17.3 Å². The number of carboxylic acid groups (broad SMARTS) is 1. The van der Waals surface area contributed by atoms with Crippen molar-refractivity contribution in [1.29, 1.82) is 0 Å². The summed E-state index contributed by atoms with van der Waals surface area (Å²) in [5.41, 5.74) is 0. The molecule has 1 aromatic heterocycles. The summed E-state index contributed by atoms with van der Waals surface area (Å²) in [4.78, 5) is 10.5. The van der Waals surface area contributed by atoms with Crippen LogP contribution in [-0.2, 0) is 26.1 Å². The van der Waals surface area contributed by atoms with Gasteiger partial charge in [-0.3, -0.25) is 9.48 Å². The zero-order valence-electron chi connectivity index (χ0n) is 12.0. The van der Waals surface area contributed by atoms with E-state index in [1.165, 1.54) is 6.20 Å². The molecular formula is C12H21N3O5S. The normalized spacial score (nSPS) is 11.7. The number of hydrogen-bond acceptors (Lipinski definition) is 5. The Kier molecular flexibility index (Phi) is 7.34. The summed E-state index contributed by atoms with van der Waals surface area (Å²) >= 11 is 0. The van der Waals surface area contributed by atoms with Gasteiger partial charge in [-0.05, 0) is 12.8 Å². The Morgan fingerprint density at radius 2 is 2.14 bits per heavy atom. The van der Waals surface area contributed by atoms with Crippen LogP contribution >= 0.6 is 0 Å². The summed E-state index contributed by atoms with van der Waals surface area (Å²) in [7, 11) is -3.65. The van der Waals surface area contributed by atoms with Gasteiger partial charge in [-0.15, -0.1) is 0 Å². The first-order valence-electron chi connectivity index (χ1n) is 6.77. The predicted molar refractivity (Wildman–Crippen MR) is 75.4 cm³/mol. The lowest BCUT2D eigenvalue weighted by molar-refractivity contribution is -0.137. The minimum absolute atomic E-state index is 0.0457. The van der Waals surface area contributed by atoms with Crippen molar-refractivity contribution in [2.45, 2.75) is 37.6 Å². The number of ether oxygens (including phenoxy) is 1. The van der Waals surface area contributed by atoms with Gasteiger partial charge in [0.2, 0.25) is 10.0 Å². The zero-order valence-corrected chi connectivity index (χ0v) is 12.8. The molecule has 0 atom stereocenters. The van der Waals surface area contributed by atoms with Gasteiger partial charge in [-0.1, -0.05) is 13.3 Å². The molecule has 0 spiro atoms. The van der Waals surface area contributed by atoms with Crippen molar-refractivity contribution in [1.82, 2.24) is 14.5 Å². The maximum atomic E-state index is 11.9. The fourth-order valence-corrected chi connectivity index (χ4v) is 2.55. The average Bonchev–Trinajstić information content (AvgIpc) is 2.86. The zero-order chi connectivity index (χ0) is 15.7. The predicted octanol–water partition coefficient (Wildman–Crippen LogP) is 0.453. The molecule has 1 aromatic rings. The number of sulfonamides is 1. The Bertz CT molecular complexity index is 541. The maximum Gasteiger partial charge on any atom is 0.325 e. The third-order valence-electron chi connectivity index (χ3n) is 2.62. The molecule has 8 nitrogen and oxygen atoms in total. The number of carbonyl (C=O) groups is 1. The molecule has 2 N–H and O–H groups in total. The minimum Gasteiger partial charge on any atom is -0.480 e. The number of nitrogens with one attached hydrogen (secondary N) is 1. The number of rotatable bonds is 11. The van der Waals surface area contributed by atoms with E-state index in [2.05, 4.69) is 16.7 Å². The molecule has 0 aliphatic heterocycles. The Labute approximate surface area is 124 Å². The highest BCUT2D eigenvalue weighted by Gasteiger charge is 2.16. The number of carboxylic acids is 1. The first kappa shape index (κ1) is 17.6. The molecule has 0 aromatic carbocycles. The standard InChI is InChI=1S/C12H21N3O5S/c1-2-3-6-20-7-4-5-14-21(18,19)11-8-13-15(9-11)10-12(16)17/h8-9,14H,2-7,10H2,1H3,(H,16,17). The molecule has 0 amide bonds. The van der Waals surface area contributed by atoms with Crippen LogP contribution in [-0.4, -0.2) is 49.0 Å². The van der Waals surface area contributed by atoms with E-state index < -0.39 is 16.0 Å². The third kappa shape index (κ3) is 6.69. The van der Waals surface area contributed by atoms with Crippen molar-refractivity contribution >= 4 is 16.0 Å². The second-order valence-corrected chi connectivity index (χ2v) is 6.25. The molecule has 0 unspecified atom stereocenters. The molecule has 0 aliphatic rings. The summed E-state index contributed by atoms with van der Waals surface area (Å²) in [6, 6.07) is 0. The van der Waals surface area contributed by atoms with Gasteiger partial charge >= 0.3 is 5.97 Å². The van der Waals surface area contributed by atoms with Crippen molar-refractivity contribution in [3.8, 4) is 0 Å². The van der Waals surface area contributed by atoms with Crippen LogP contribution in [0.5, 0.6) is 0 Å². The van der Waals surface area contributed by atoms with Gasteiger partial charge in [0.25, 0.3) is 0 Å². The fraction of sp³-hybridized carbons (Fsp3) is 0.667. The highest BCUT2D eigenvalue weighted by Crippen LogP contribution is 2.06. The molecule has 1 rings (SSSR count). The topological polar surface area (TPSA) is 111 Å². The van der Waals surface area contributed by atoms with Crippen LogP contribution in [0.2, 0.25) is 0 Å². The number of nitrogens with zero attached hydrogens (tertiary/aromatic N) is 2. The van der Waals surface area contributed by atoms with Gasteiger partial charge in [0, 0.05) is 26.0 Å². The molecule has 0 aliphatic carbocycles. The SMILES string of the molecule is CCCCOCCCNS(=O)(=O)c1cnn(CC(=O)O)c1. The van der Waals surface area contributed by atoms with E-state index in [9.17, 15) is 13.2 Å². The fourth-order valence-electron chi connectivity index (χ4n) is 1.52. The van der Waals surface area contributed by atoms with Crippen molar-refractivity contribution in [3.05, 3.63) is 12.4 Å². The van der Waals surface area contributed by atoms with Crippen molar-refractivity contribution in [2.24, 2.45) is 0 Å².